The van der Waals surface area contributed by atoms with E-state index in [9.17, 15) is 14.0 Å². The third kappa shape index (κ3) is 2.94. The molecule has 0 radical (unpaired) electrons. The van der Waals surface area contributed by atoms with E-state index in [4.69, 9.17) is 5.73 Å². The number of likely N-dealkylation sites (N-methyl/N-ethyl adjacent to an activating group) is 1. The van der Waals surface area contributed by atoms with Gasteiger partial charge in [-0.3, -0.25) is 9.59 Å². The molecule has 0 saturated carbocycles. The third-order valence-corrected chi connectivity index (χ3v) is 1.95. The van der Waals surface area contributed by atoms with Crippen LogP contribution in [-0.2, 0) is 4.79 Å². The van der Waals surface area contributed by atoms with Crippen LogP contribution >= 0.6 is 0 Å². The summed E-state index contributed by atoms with van der Waals surface area (Å²) >= 11 is 0. The molecular weight excluding hydrogens is 213 g/mol. The van der Waals surface area contributed by atoms with Gasteiger partial charge in [0.15, 0.2) is 0 Å². The molecule has 86 valence electrons. The van der Waals surface area contributed by atoms with E-state index in [0.29, 0.717) is 0 Å². The number of hydrogen-bond acceptors (Lipinski definition) is 3. The van der Waals surface area contributed by atoms with Crippen molar-refractivity contribution in [1.29, 1.82) is 0 Å². The average Bonchev–Trinajstić information content (AvgIpc) is 2.29. The summed E-state index contributed by atoms with van der Waals surface area (Å²) in [5, 5.41) is 4.68. The Balaban J connectivity index is 2.66. The number of benzene rings is 1. The smallest absolute Gasteiger partial charge is 0.251 e. The zero-order chi connectivity index (χ0) is 12.1. The highest BCUT2D eigenvalue weighted by Gasteiger charge is 2.09. The van der Waals surface area contributed by atoms with E-state index >= 15 is 0 Å². The Morgan fingerprint density at radius 3 is 2.69 bits per heavy atom. The van der Waals surface area contributed by atoms with Gasteiger partial charge in [-0.25, -0.2) is 4.39 Å². The zero-order valence-corrected chi connectivity index (χ0v) is 8.71. The number of hydrogen-bond donors (Lipinski definition) is 3. The SMILES string of the molecule is CNC(=O)CNC(=O)c1ccc(N)c(F)c1. The fourth-order valence-corrected chi connectivity index (χ4v) is 1.02. The molecule has 0 bridgehead atoms. The van der Waals surface area contributed by atoms with Crippen LogP contribution in [0.4, 0.5) is 10.1 Å². The molecule has 0 heterocycles. The van der Waals surface area contributed by atoms with Crippen LogP contribution in [0, 0.1) is 5.82 Å². The number of carbonyl (C=O) groups excluding carboxylic acids is 2. The van der Waals surface area contributed by atoms with Gasteiger partial charge >= 0.3 is 0 Å². The van der Waals surface area contributed by atoms with Crippen LogP contribution in [-0.4, -0.2) is 25.4 Å². The van der Waals surface area contributed by atoms with Crippen LogP contribution in [0.5, 0.6) is 0 Å². The molecule has 4 N–H and O–H groups in total. The maximum Gasteiger partial charge on any atom is 0.251 e. The second-order valence-electron chi connectivity index (χ2n) is 3.09. The summed E-state index contributed by atoms with van der Waals surface area (Å²) in [6.07, 6.45) is 0. The lowest BCUT2D eigenvalue weighted by atomic mass is 10.2. The summed E-state index contributed by atoms with van der Waals surface area (Å²) in [6, 6.07) is 3.70. The minimum atomic E-state index is -0.660. The predicted octanol–water partition coefficient (Wildman–Crippen LogP) is -0.116. The maximum atomic E-state index is 13.0. The quantitative estimate of drug-likeness (QED) is 0.627. The standard InChI is InChI=1S/C10H12FN3O2/c1-13-9(15)5-14-10(16)6-2-3-8(12)7(11)4-6/h2-4H,5,12H2,1H3,(H,13,15)(H,14,16). The topological polar surface area (TPSA) is 84.2 Å². The molecule has 0 aliphatic heterocycles. The van der Waals surface area contributed by atoms with Crippen molar-refractivity contribution in [1.82, 2.24) is 10.6 Å². The first kappa shape index (κ1) is 12.0. The van der Waals surface area contributed by atoms with Crippen LogP contribution in [0.2, 0.25) is 0 Å². The highest BCUT2D eigenvalue weighted by molar-refractivity contribution is 5.96. The maximum absolute atomic E-state index is 13.0. The first-order valence-electron chi connectivity index (χ1n) is 4.58. The summed E-state index contributed by atoms with van der Waals surface area (Å²) in [5.74, 6) is -1.51. The van der Waals surface area contributed by atoms with Crippen LogP contribution < -0.4 is 16.4 Å². The largest absolute Gasteiger partial charge is 0.396 e. The molecule has 0 saturated heterocycles. The lowest BCUT2D eigenvalue weighted by Crippen LogP contribution is -2.35. The fraction of sp³-hybridized carbons (Fsp3) is 0.200. The minimum absolute atomic E-state index is 0.0251. The van der Waals surface area contributed by atoms with E-state index in [1.807, 2.05) is 0 Å². The number of amides is 2. The number of carbonyl (C=O) groups is 2. The molecule has 1 rings (SSSR count). The van der Waals surface area contributed by atoms with E-state index in [1.165, 1.54) is 19.2 Å². The fourth-order valence-electron chi connectivity index (χ4n) is 1.02. The Kier molecular flexibility index (Phi) is 3.82. The van der Waals surface area contributed by atoms with Gasteiger partial charge in [-0.05, 0) is 18.2 Å². The third-order valence-electron chi connectivity index (χ3n) is 1.95. The van der Waals surface area contributed by atoms with Gasteiger partial charge in [-0.1, -0.05) is 0 Å². The molecule has 6 heteroatoms. The molecule has 0 aromatic heterocycles. The molecule has 1 aromatic rings. The van der Waals surface area contributed by atoms with Crippen molar-refractivity contribution in [2.45, 2.75) is 0 Å². The Bertz CT molecular complexity index is 421. The lowest BCUT2D eigenvalue weighted by molar-refractivity contribution is -0.119. The number of rotatable bonds is 3. The van der Waals surface area contributed by atoms with Gasteiger partial charge in [0.2, 0.25) is 5.91 Å². The average molecular weight is 225 g/mol. The first-order chi connectivity index (χ1) is 7.54. The van der Waals surface area contributed by atoms with Crippen LogP contribution in [0.25, 0.3) is 0 Å². The first-order valence-corrected chi connectivity index (χ1v) is 4.58. The summed E-state index contributed by atoms with van der Waals surface area (Å²) in [4.78, 5) is 22.3. The Labute approximate surface area is 91.8 Å². The summed E-state index contributed by atoms with van der Waals surface area (Å²) in [6.45, 7) is -0.151. The molecule has 0 spiro atoms. The van der Waals surface area contributed by atoms with Gasteiger partial charge in [-0.2, -0.15) is 0 Å². The predicted molar refractivity (Wildman–Crippen MR) is 57.2 cm³/mol. The Morgan fingerprint density at radius 2 is 2.12 bits per heavy atom. The molecule has 0 aliphatic carbocycles. The number of anilines is 1. The molecule has 0 aliphatic rings. The highest BCUT2D eigenvalue weighted by atomic mass is 19.1. The number of halogens is 1. The van der Waals surface area contributed by atoms with Crippen molar-refractivity contribution < 1.29 is 14.0 Å². The lowest BCUT2D eigenvalue weighted by Gasteiger charge is -2.05. The van der Waals surface area contributed by atoms with E-state index in [-0.39, 0.29) is 23.7 Å². The summed E-state index contributed by atoms with van der Waals surface area (Å²) < 4.78 is 13.0. The van der Waals surface area contributed by atoms with Crippen molar-refractivity contribution in [3.05, 3.63) is 29.6 Å². The normalized spacial score (nSPS) is 9.62. The van der Waals surface area contributed by atoms with Crippen molar-refractivity contribution >= 4 is 17.5 Å². The molecule has 0 unspecified atom stereocenters. The molecule has 16 heavy (non-hydrogen) atoms. The Hall–Kier alpha value is -2.11. The van der Waals surface area contributed by atoms with E-state index in [0.717, 1.165) is 6.07 Å². The van der Waals surface area contributed by atoms with E-state index < -0.39 is 11.7 Å². The molecule has 0 fully saturated rings. The van der Waals surface area contributed by atoms with E-state index in [2.05, 4.69) is 10.6 Å². The van der Waals surface area contributed by atoms with Crippen LogP contribution in [0.15, 0.2) is 18.2 Å². The van der Waals surface area contributed by atoms with Crippen LogP contribution in [0.3, 0.4) is 0 Å². The Morgan fingerprint density at radius 1 is 1.44 bits per heavy atom. The number of nitrogens with two attached hydrogens (primary N) is 1. The minimum Gasteiger partial charge on any atom is -0.396 e. The van der Waals surface area contributed by atoms with Gasteiger partial charge in [0, 0.05) is 12.6 Å². The van der Waals surface area contributed by atoms with Gasteiger partial charge < -0.3 is 16.4 Å². The van der Waals surface area contributed by atoms with Crippen molar-refractivity contribution in [3.8, 4) is 0 Å². The second-order valence-corrected chi connectivity index (χ2v) is 3.09. The number of nitrogens with one attached hydrogen (secondary N) is 2. The summed E-state index contributed by atoms with van der Waals surface area (Å²) in [7, 11) is 1.46. The molecule has 0 atom stereocenters. The van der Waals surface area contributed by atoms with Gasteiger partial charge in [-0.15, -0.1) is 0 Å². The van der Waals surface area contributed by atoms with Crippen LogP contribution in [0.1, 0.15) is 10.4 Å². The van der Waals surface area contributed by atoms with Crippen molar-refractivity contribution in [2.75, 3.05) is 19.3 Å². The van der Waals surface area contributed by atoms with Gasteiger partial charge in [0.05, 0.1) is 12.2 Å². The second kappa shape index (κ2) is 5.11. The van der Waals surface area contributed by atoms with Gasteiger partial charge in [0.1, 0.15) is 5.82 Å². The van der Waals surface area contributed by atoms with Gasteiger partial charge in [0.25, 0.3) is 5.91 Å². The molecule has 2 amide bonds. The highest BCUT2D eigenvalue weighted by Crippen LogP contribution is 2.11. The van der Waals surface area contributed by atoms with Crippen molar-refractivity contribution in [3.63, 3.8) is 0 Å². The molecule has 5 nitrogen and oxygen atoms in total. The zero-order valence-electron chi connectivity index (χ0n) is 8.71. The van der Waals surface area contributed by atoms with Crippen molar-refractivity contribution in [2.24, 2.45) is 0 Å². The molecular formula is C10H12FN3O2. The van der Waals surface area contributed by atoms with E-state index in [1.54, 1.807) is 0 Å². The molecule has 1 aromatic carbocycles. The number of nitrogen functional groups attached to an aromatic ring is 1. The monoisotopic (exact) mass is 225 g/mol. The summed E-state index contributed by atoms with van der Waals surface area (Å²) in [5.41, 5.74) is 5.36.